The molecule has 4 nitrogen and oxygen atoms in total. The van der Waals surface area contributed by atoms with Gasteiger partial charge < -0.3 is 9.67 Å². The van der Waals surface area contributed by atoms with Crippen LogP contribution in [0.15, 0.2) is 35.1 Å². The summed E-state index contributed by atoms with van der Waals surface area (Å²) in [6, 6.07) is 8.20. The van der Waals surface area contributed by atoms with Crippen LogP contribution in [-0.2, 0) is 6.54 Å². The first-order valence-corrected chi connectivity index (χ1v) is 8.10. The predicted octanol–water partition coefficient (Wildman–Crippen LogP) is 3.86. The van der Waals surface area contributed by atoms with Gasteiger partial charge in [0, 0.05) is 19.3 Å². The summed E-state index contributed by atoms with van der Waals surface area (Å²) in [4.78, 5) is 9.11. The Balaban J connectivity index is 2.26. The number of aliphatic hydroxyl groups excluding tert-OH is 1. The lowest BCUT2D eigenvalue weighted by Crippen LogP contribution is -2.03. The van der Waals surface area contributed by atoms with Crippen molar-refractivity contribution in [1.29, 1.82) is 0 Å². The molecule has 0 atom stereocenters. The molecule has 0 bridgehead atoms. The normalized spacial score (nSPS) is 11.3. The second-order valence-corrected chi connectivity index (χ2v) is 6.18. The number of fused-ring (bicyclic) bond motifs is 1. The van der Waals surface area contributed by atoms with E-state index in [2.05, 4.69) is 51.5 Å². The third-order valence-electron chi connectivity index (χ3n) is 3.90. The van der Waals surface area contributed by atoms with E-state index in [1.54, 1.807) is 6.20 Å². The van der Waals surface area contributed by atoms with Gasteiger partial charge in [0.25, 0.3) is 0 Å². The Morgan fingerprint density at radius 3 is 2.73 bits per heavy atom. The molecule has 22 heavy (non-hydrogen) atoms. The first kappa shape index (κ1) is 15.2. The summed E-state index contributed by atoms with van der Waals surface area (Å²) < 4.78 is 2.95. The van der Waals surface area contributed by atoms with Gasteiger partial charge in [-0.05, 0) is 71.6 Å². The van der Waals surface area contributed by atoms with Gasteiger partial charge in [0.15, 0.2) is 0 Å². The molecule has 0 saturated heterocycles. The average molecular weight is 360 g/mol. The highest BCUT2D eigenvalue weighted by Gasteiger charge is 2.15. The molecule has 0 aliphatic rings. The summed E-state index contributed by atoms with van der Waals surface area (Å²) in [5, 5.41) is 9.20. The van der Waals surface area contributed by atoms with E-state index in [-0.39, 0.29) is 6.61 Å². The predicted molar refractivity (Wildman–Crippen MR) is 91.8 cm³/mol. The summed E-state index contributed by atoms with van der Waals surface area (Å²) in [6.45, 7) is 5.10. The van der Waals surface area contributed by atoms with Gasteiger partial charge in [-0.15, -0.1) is 0 Å². The van der Waals surface area contributed by atoms with E-state index in [9.17, 15) is 5.11 Å². The third kappa shape index (κ3) is 2.66. The fourth-order valence-corrected chi connectivity index (χ4v) is 3.02. The number of halogens is 1. The molecule has 2 aromatic heterocycles. The standard InChI is InChI=1S/C17H18BrN3O/c1-11-9-14-15(10-12(11)2)21(7-4-8-22)17(20-14)13-5-3-6-19-16(13)18/h3,5-6,9-10,22H,4,7-8H2,1-2H3. The van der Waals surface area contributed by atoms with Crippen molar-refractivity contribution in [2.45, 2.75) is 26.8 Å². The summed E-state index contributed by atoms with van der Waals surface area (Å²) in [5.74, 6) is 0.883. The Kier molecular flexibility index (Phi) is 4.27. The molecule has 3 rings (SSSR count). The maximum absolute atomic E-state index is 9.20. The van der Waals surface area contributed by atoms with Gasteiger partial charge in [-0.25, -0.2) is 9.97 Å². The number of hydrogen-bond acceptors (Lipinski definition) is 3. The molecule has 2 heterocycles. The van der Waals surface area contributed by atoms with E-state index in [1.807, 2.05) is 12.1 Å². The molecule has 0 spiro atoms. The average Bonchev–Trinajstić information content (AvgIpc) is 2.83. The number of rotatable bonds is 4. The topological polar surface area (TPSA) is 50.9 Å². The van der Waals surface area contributed by atoms with Gasteiger partial charge in [-0.2, -0.15) is 0 Å². The summed E-state index contributed by atoms with van der Waals surface area (Å²) in [7, 11) is 0. The van der Waals surface area contributed by atoms with Gasteiger partial charge in [0.1, 0.15) is 10.4 Å². The molecule has 0 aliphatic carbocycles. The number of aliphatic hydroxyl groups is 1. The van der Waals surface area contributed by atoms with Crippen molar-refractivity contribution in [1.82, 2.24) is 14.5 Å². The number of nitrogens with zero attached hydrogens (tertiary/aromatic N) is 3. The number of imidazole rings is 1. The fourth-order valence-electron chi connectivity index (χ4n) is 2.59. The third-order valence-corrected chi connectivity index (χ3v) is 4.54. The first-order chi connectivity index (χ1) is 10.6. The monoisotopic (exact) mass is 359 g/mol. The Labute approximate surface area is 138 Å². The lowest BCUT2D eigenvalue weighted by Gasteiger charge is -2.10. The van der Waals surface area contributed by atoms with E-state index in [4.69, 9.17) is 4.98 Å². The Hall–Kier alpha value is -1.72. The van der Waals surface area contributed by atoms with E-state index in [0.29, 0.717) is 6.42 Å². The number of benzene rings is 1. The van der Waals surface area contributed by atoms with Gasteiger partial charge >= 0.3 is 0 Å². The van der Waals surface area contributed by atoms with Crippen LogP contribution in [0.25, 0.3) is 22.4 Å². The SMILES string of the molecule is Cc1cc2nc(-c3cccnc3Br)n(CCCO)c2cc1C. The number of aryl methyl sites for hydroxylation is 3. The quantitative estimate of drug-likeness (QED) is 0.719. The molecule has 0 saturated carbocycles. The lowest BCUT2D eigenvalue weighted by atomic mass is 10.1. The van der Waals surface area contributed by atoms with E-state index in [1.165, 1.54) is 11.1 Å². The van der Waals surface area contributed by atoms with Crippen molar-refractivity contribution in [3.63, 3.8) is 0 Å². The second-order valence-electron chi connectivity index (χ2n) is 5.43. The minimum Gasteiger partial charge on any atom is -0.396 e. The molecule has 0 radical (unpaired) electrons. The molecule has 1 aromatic carbocycles. The van der Waals surface area contributed by atoms with Crippen LogP contribution in [0.2, 0.25) is 0 Å². The Morgan fingerprint density at radius 2 is 2.00 bits per heavy atom. The Bertz CT molecular complexity index is 826. The summed E-state index contributed by atoms with van der Waals surface area (Å²) >= 11 is 3.51. The Morgan fingerprint density at radius 1 is 1.23 bits per heavy atom. The van der Waals surface area contributed by atoms with Crippen molar-refractivity contribution in [3.8, 4) is 11.4 Å². The highest BCUT2D eigenvalue weighted by Crippen LogP contribution is 2.30. The second kappa shape index (κ2) is 6.18. The molecular weight excluding hydrogens is 342 g/mol. The molecule has 114 valence electrons. The van der Waals surface area contributed by atoms with Crippen LogP contribution < -0.4 is 0 Å². The van der Waals surface area contributed by atoms with Gasteiger partial charge in [0.2, 0.25) is 0 Å². The van der Waals surface area contributed by atoms with Crippen molar-refractivity contribution in [2.24, 2.45) is 0 Å². The number of hydrogen-bond donors (Lipinski definition) is 1. The first-order valence-electron chi connectivity index (χ1n) is 7.31. The molecule has 1 N–H and O–H groups in total. The van der Waals surface area contributed by atoms with E-state index in [0.717, 1.165) is 33.6 Å². The molecule has 0 unspecified atom stereocenters. The van der Waals surface area contributed by atoms with E-state index < -0.39 is 0 Å². The lowest BCUT2D eigenvalue weighted by molar-refractivity contribution is 0.281. The zero-order chi connectivity index (χ0) is 15.7. The van der Waals surface area contributed by atoms with E-state index >= 15 is 0 Å². The van der Waals surface area contributed by atoms with Crippen molar-refractivity contribution < 1.29 is 5.11 Å². The molecule has 0 fully saturated rings. The highest BCUT2D eigenvalue weighted by molar-refractivity contribution is 9.10. The molecule has 3 aromatic rings. The van der Waals surface area contributed by atoms with Crippen LogP contribution in [0, 0.1) is 13.8 Å². The smallest absolute Gasteiger partial charge is 0.143 e. The van der Waals surface area contributed by atoms with Crippen LogP contribution in [0.1, 0.15) is 17.5 Å². The molecular formula is C17H18BrN3O. The minimum atomic E-state index is 0.165. The minimum absolute atomic E-state index is 0.165. The van der Waals surface area contributed by atoms with Gasteiger partial charge in [-0.3, -0.25) is 0 Å². The zero-order valence-corrected chi connectivity index (χ0v) is 14.3. The maximum Gasteiger partial charge on any atom is 0.143 e. The summed E-state index contributed by atoms with van der Waals surface area (Å²) in [5.41, 5.74) is 5.52. The summed E-state index contributed by atoms with van der Waals surface area (Å²) in [6.07, 6.45) is 2.45. The van der Waals surface area contributed by atoms with Crippen molar-refractivity contribution in [3.05, 3.63) is 46.2 Å². The van der Waals surface area contributed by atoms with Gasteiger partial charge in [-0.1, -0.05) is 0 Å². The van der Waals surface area contributed by atoms with Crippen LogP contribution in [0.5, 0.6) is 0 Å². The maximum atomic E-state index is 9.20. The molecule has 0 amide bonds. The number of aromatic nitrogens is 3. The largest absolute Gasteiger partial charge is 0.396 e. The van der Waals surface area contributed by atoms with Crippen LogP contribution in [0.4, 0.5) is 0 Å². The molecule has 0 aliphatic heterocycles. The van der Waals surface area contributed by atoms with Crippen molar-refractivity contribution in [2.75, 3.05) is 6.61 Å². The van der Waals surface area contributed by atoms with Crippen LogP contribution in [0.3, 0.4) is 0 Å². The number of pyridine rings is 1. The zero-order valence-electron chi connectivity index (χ0n) is 12.7. The van der Waals surface area contributed by atoms with Gasteiger partial charge in [0.05, 0.1) is 16.6 Å². The van der Waals surface area contributed by atoms with Crippen LogP contribution >= 0.6 is 15.9 Å². The van der Waals surface area contributed by atoms with Crippen LogP contribution in [-0.4, -0.2) is 26.2 Å². The van der Waals surface area contributed by atoms with Crippen molar-refractivity contribution >= 4 is 27.0 Å². The highest BCUT2D eigenvalue weighted by atomic mass is 79.9. The fraction of sp³-hybridized carbons (Fsp3) is 0.294. The molecule has 5 heteroatoms.